The van der Waals surface area contributed by atoms with Crippen molar-refractivity contribution in [2.45, 2.75) is 26.1 Å². The molecule has 1 aliphatic rings. The fourth-order valence-corrected chi connectivity index (χ4v) is 4.27. The Hall–Kier alpha value is -2.68. The quantitative estimate of drug-likeness (QED) is 0.396. The number of hydrogen-bond donors (Lipinski definition) is 0. The summed E-state index contributed by atoms with van der Waals surface area (Å²) < 4.78 is 9.82. The Kier molecular flexibility index (Phi) is 7.01. The predicted molar refractivity (Wildman–Crippen MR) is 121 cm³/mol. The molecule has 1 fully saturated rings. The topological polar surface area (TPSA) is 65.2 Å². The average Bonchev–Trinajstić information content (AvgIpc) is 3.14. The largest absolute Gasteiger partial charge is 0.383 e. The monoisotopic (exact) mass is 437 g/mol. The van der Waals surface area contributed by atoms with E-state index in [0.717, 1.165) is 42.9 Å². The molecule has 0 atom stereocenters. The van der Waals surface area contributed by atoms with E-state index in [1.165, 1.54) is 0 Å². The molecule has 0 saturated carbocycles. The molecule has 0 aliphatic carbocycles. The van der Waals surface area contributed by atoms with Crippen LogP contribution in [0.1, 0.15) is 23.2 Å². The number of aromatic nitrogens is 4. The van der Waals surface area contributed by atoms with Crippen molar-refractivity contribution in [1.82, 2.24) is 24.2 Å². The summed E-state index contributed by atoms with van der Waals surface area (Å²) in [6.45, 7) is 3.51. The van der Waals surface area contributed by atoms with Gasteiger partial charge < -0.3 is 4.74 Å². The van der Waals surface area contributed by atoms with E-state index in [0.29, 0.717) is 24.6 Å². The molecule has 3 heterocycles. The number of nitrogens with zero attached hydrogens (tertiary/aromatic N) is 5. The maximum atomic E-state index is 12.8. The Balaban J connectivity index is 1.46. The van der Waals surface area contributed by atoms with E-state index in [9.17, 15) is 4.79 Å². The second-order valence-electron chi connectivity index (χ2n) is 7.75. The van der Waals surface area contributed by atoms with Gasteiger partial charge in [-0.25, -0.2) is 4.68 Å². The number of carbonyl (C=O) groups excluding carboxylic acids is 1. The number of ketones is 1. The van der Waals surface area contributed by atoms with Crippen LogP contribution in [0.4, 0.5) is 0 Å². The zero-order chi connectivity index (χ0) is 21.6. The molecule has 7 nitrogen and oxygen atoms in total. The van der Waals surface area contributed by atoms with Crippen molar-refractivity contribution < 1.29 is 9.53 Å². The molecule has 31 heavy (non-hydrogen) atoms. The lowest BCUT2D eigenvalue weighted by Crippen LogP contribution is -2.37. The van der Waals surface area contributed by atoms with Crippen LogP contribution in [0.3, 0.4) is 0 Å². The number of methoxy groups -OCH3 is 1. The summed E-state index contributed by atoms with van der Waals surface area (Å²) in [6.07, 6.45) is 5.21. The van der Waals surface area contributed by atoms with Gasteiger partial charge in [-0.05, 0) is 37.2 Å². The first kappa shape index (κ1) is 21.5. The molecule has 0 spiro atoms. The molecule has 8 heteroatoms. The van der Waals surface area contributed by atoms with Gasteiger partial charge in [0.05, 0.1) is 19.8 Å². The van der Waals surface area contributed by atoms with Crippen LogP contribution in [0.5, 0.6) is 0 Å². The van der Waals surface area contributed by atoms with Gasteiger partial charge in [0.2, 0.25) is 0 Å². The number of benzene rings is 1. The zero-order valence-electron chi connectivity index (χ0n) is 17.7. The zero-order valence-corrected chi connectivity index (χ0v) is 18.5. The molecule has 0 N–H and O–H groups in total. The maximum absolute atomic E-state index is 12.8. The van der Waals surface area contributed by atoms with Crippen molar-refractivity contribution in [3.05, 3.63) is 65.2 Å². The van der Waals surface area contributed by atoms with Gasteiger partial charge in [0.1, 0.15) is 0 Å². The van der Waals surface area contributed by atoms with Gasteiger partial charge >= 0.3 is 0 Å². The highest BCUT2D eigenvalue weighted by atomic mass is 32.1. The minimum atomic E-state index is 0.0817. The Labute approximate surface area is 187 Å². The van der Waals surface area contributed by atoms with Crippen LogP contribution in [0, 0.1) is 10.7 Å². The van der Waals surface area contributed by atoms with Gasteiger partial charge in [-0.3, -0.25) is 19.2 Å². The Morgan fingerprint density at radius 1 is 1.13 bits per heavy atom. The number of ether oxygens (including phenoxy) is 1. The van der Waals surface area contributed by atoms with Crippen molar-refractivity contribution in [3.8, 4) is 11.4 Å². The third-order valence-electron chi connectivity index (χ3n) is 5.73. The van der Waals surface area contributed by atoms with Crippen molar-refractivity contribution >= 4 is 18.0 Å². The molecule has 1 aromatic carbocycles. The van der Waals surface area contributed by atoms with E-state index in [2.05, 4.69) is 9.88 Å². The van der Waals surface area contributed by atoms with E-state index in [4.69, 9.17) is 22.1 Å². The molecule has 0 amide bonds. The smallest absolute Gasteiger partial charge is 0.199 e. The number of piperidine rings is 1. The van der Waals surface area contributed by atoms with E-state index in [1.54, 1.807) is 19.5 Å². The van der Waals surface area contributed by atoms with Crippen molar-refractivity contribution in [3.63, 3.8) is 0 Å². The molecule has 1 saturated heterocycles. The van der Waals surface area contributed by atoms with E-state index >= 15 is 0 Å². The molecule has 4 rings (SSSR count). The van der Waals surface area contributed by atoms with Gasteiger partial charge in [-0.15, -0.1) is 0 Å². The summed E-state index contributed by atoms with van der Waals surface area (Å²) in [5.74, 6) is 1.15. The highest BCUT2D eigenvalue weighted by molar-refractivity contribution is 7.71. The number of Topliss-reactive ketones (excluding diaryl/α,β-unsaturated/α-hetero) is 1. The summed E-state index contributed by atoms with van der Waals surface area (Å²) in [7, 11) is 1.68. The van der Waals surface area contributed by atoms with Crippen LogP contribution in [0.2, 0.25) is 0 Å². The number of hydrogen-bond acceptors (Lipinski definition) is 6. The Morgan fingerprint density at radius 3 is 2.52 bits per heavy atom. The molecule has 0 unspecified atom stereocenters. The number of likely N-dealkylation sites (tertiary alicyclic amines) is 1. The van der Waals surface area contributed by atoms with Gasteiger partial charge in [0.25, 0.3) is 0 Å². The molecule has 0 radical (unpaired) electrons. The average molecular weight is 438 g/mol. The first-order chi connectivity index (χ1) is 15.2. The SMILES string of the molecule is COCCn1c(-c2ccncc2)nn(CN2CCC(C(=O)c3ccccc3)CC2)c1=S. The molecular formula is C23H27N5O2S. The molecule has 2 aromatic heterocycles. The van der Waals surface area contributed by atoms with Gasteiger partial charge in [0, 0.05) is 49.6 Å². The third-order valence-corrected chi connectivity index (χ3v) is 6.16. The Morgan fingerprint density at radius 2 is 1.84 bits per heavy atom. The predicted octanol–water partition coefficient (Wildman–Crippen LogP) is 3.67. The number of rotatable bonds is 8. The summed E-state index contributed by atoms with van der Waals surface area (Å²) in [4.78, 5) is 19.2. The standard InChI is InChI=1S/C23H27N5O2S/c1-30-16-15-27-22(20-7-11-24-12-8-20)25-28(23(27)31)17-26-13-9-19(10-14-26)21(29)18-5-3-2-4-6-18/h2-8,11-12,19H,9-10,13-17H2,1H3. The summed E-state index contributed by atoms with van der Waals surface area (Å²) in [5.41, 5.74) is 1.78. The number of carbonyl (C=O) groups is 1. The first-order valence-corrected chi connectivity index (χ1v) is 11.0. The highest BCUT2D eigenvalue weighted by Gasteiger charge is 2.26. The summed E-state index contributed by atoms with van der Waals surface area (Å²) in [5, 5.41) is 4.81. The third kappa shape index (κ3) is 4.98. The fraction of sp³-hybridized carbons (Fsp3) is 0.391. The van der Waals surface area contributed by atoms with E-state index in [-0.39, 0.29) is 11.7 Å². The minimum Gasteiger partial charge on any atom is -0.383 e. The minimum absolute atomic E-state index is 0.0817. The van der Waals surface area contributed by atoms with Crippen LogP contribution in [0.25, 0.3) is 11.4 Å². The Bertz CT molecular complexity index is 1060. The van der Waals surface area contributed by atoms with Gasteiger partial charge in [-0.1, -0.05) is 30.3 Å². The lowest BCUT2D eigenvalue weighted by Gasteiger charge is -2.30. The number of pyridine rings is 1. The van der Waals surface area contributed by atoms with Crippen LogP contribution < -0.4 is 0 Å². The van der Waals surface area contributed by atoms with Crippen LogP contribution in [-0.2, 0) is 18.0 Å². The molecule has 0 bridgehead atoms. The summed E-state index contributed by atoms with van der Waals surface area (Å²) in [6, 6.07) is 13.5. The van der Waals surface area contributed by atoms with Crippen LogP contribution in [0.15, 0.2) is 54.9 Å². The van der Waals surface area contributed by atoms with Crippen LogP contribution in [-0.4, -0.2) is 56.8 Å². The molecule has 162 valence electrons. The molecule has 1 aliphatic heterocycles. The second-order valence-corrected chi connectivity index (χ2v) is 8.12. The normalized spacial score (nSPS) is 15.3. The first-order valence-electron chi connectivity index (χ1n) is 10.6. The second kappa shape index (κ2) is 10.1. The summed E-state index contributed by atoms with van der Waals surface area (Å²) >= 11 is 5.73. The van der Waals surface area contributed by atoms with Crippen LogP contribution >= 0.6 is 12.2 Å². The van der Waals surface area contributed by atoms with Crippen molar-refractivity contribution in [2.75, 3.05) is 26.8 Å². The lowest BCUT2D eigenvalue weighted by molar-refractivity contribution is 0.0803. The fourth-order valence-electron chi connectivity index (χ4n) is 4.00. The van der Waals surface area contributed by atoms with Crippen molar-refractivity contribution in [2.24, 2.45) is 5.92 Å². The lowest BCUT2D eigenvalue weighted by atomic mass is 9.89. The van der Waals surface area contributed by atoms with Crippen molar-refractivity contribution in [1.29, 1.82) is 0 Å². The van der Waals surface area contributed by atoms with E-state index < -0.39 is 0 Å². The van der Waals surface area contributed by atoms with E-state index in [1.807, 2.05) is 51.7 Å². The van der Waals surface area contributed by atoms with Gasteiger partial charge in [-0.2, -0.15) is 5.10 Å². The highest BCUT2D eigenvalue weighted by Crippen LogP contribution is 2.23. The molecule has 3 aromatic rings. The van der Waals surface area contributed by atoms with Gasteiger partial charge in [0.15, 0.2) is 16.4 Å². The molecular weight excluding hydrogens is 410 g/mol. The maximum Gasteiger partial charge on any atom is 0.199 e.